The van der Waals surface area contributed by atoms with Crippen LogP contribution in [0.3, 0.4) is 0 Å². The molecule has 10 heteroatoms. The van der Waals surface area contributed by atoms with E-state index in [1.165, 1.54) is 16.4 Å². The van der Waals surface area contributed by atoms with E-state index in [1.54, 1.807) is 38.7 Å². The molecule has 1 aliphatic heterocycles. The molecular formula is C22H35N3O6S. The number of hydrogen-bond acceptors (Lipinski definition) is 6. The molecule has 1 aliphatic rings. The Bertz CT molecular complexity index is 918. The quantitative estimate of drug-likeness (QED) is 0.623. The molecule has 1 aromatic carbocycles. The number of hydrogen-bond donors (Lipinski definition) is 1. The topological polar surface area (TPSA) is 105 Å². The van der Waals surface area contributed by atoms with Crippen LogP contribution in [-0.2, 0) is 19.6 Å². The minimum Gasteiger partial charge on any atom is -0.490 e. The van der Waals surface area contributed by atoms with E-state index in [-0.39, 0.29) is 42.9 Å². The highest BCUT2D eigenvalue weighted by molar-refractivity contribution is 7.89. The second kappa shape index (κ2) is 10.5. The van der Waals surface area contributed by atoms with Crippen LogP contribution in [0, 0.1) is 5.41 Å². The van der Waals surface area contributed by atoms with Crippen LogP contribution in [-0.4, -0.2) is 74.9 Å². The summed E-state index contributed by atoms with van der Waals surface area (Å²) < 4.78 is 38.7. The Labute approximate surface area is 191 Å². The van der Waals surface area contributed by atoms with Crippen molar-refractivity contribution < 1.29 is 27.5 Å². The van der Waals surface area contributed by atoms with Crippen LogP contribution < -0.4 is 14.8 Å². The Balaban J connectivity index is 2.06. The Hall–Kier alpha value is -2.33. The van der Waals surface area contributed by atoms with Crippen molar-refractivity contribution in [1.29, 1.82) is 0 Å². The molecule has 0 unspecified atom stereocenters. The summed E-state index contributed by atoms with van der Waals surface area (Å²) in [7, 11) is -3.75. The zero-order chi connectivity index (χ0) is 24.1. The number of carbonyl (C=O) groups is 2. The average molecular weight is 470 g/mol. The van der Waals surface area contributed by atoms with E-state index < -0.39 is 21.5 Å². The third-order valence-corrected chi connectivity index (χ3v) is 7.00. The first-order chi connectivity index (χ1) is 14.9. The average Bonchev–Trinajstić information content (AvgIpc) is 2.74. The molecule has 32 heavy (non-hydrogen) atoms. The van der Waals surface area contributed by atoms with E-state index in [1.807, 2.05) is 13.8 Å². The number of amides is 2. The van der Waals surface area contributed by atoms with Gasteiger partial charge in [-0.1, -0.05) is 20.8 Å². The minimum atomic E-state index is -3.75. The number of carbonyl (C=O) groups excluding carboxylic acids is 2. The maximum absolute atomic E-state index is 13.1. The first-order valence-corrected chi connectivity index (χ1v) is 12.3. The van der Waals surface area contributed by atoms with Gasteiger partial charge in [-0.3, -0.25) is 9.59 Å². The Kier molecular flexibility index (Phi) is 8.53. The molecule has 1 atom stereocenters. The molecule has 2 rings (SSSR count). The van der Waals surface area contributed by atoms with Crippen molar-refractivity contribution in [1.82, 2.24) is 14.5 Å². The minimum absolute atomic E-state index is 0.120. The number of nitrogens with one attached hydrogen (secondary N) is 1. The fraction of sp³-hybridized carbons (Fsp3) is 0.636. The van der Waals surface area contributed by atoms with E-state index in [4.69, 9.17) is 9.47 Å². The fourth-order valence-electron chi connectivity index (χ4n) is 3.24. The van der Waals surface area contributed by atoms with Gasteiger partial charge in [0.05, 0.1) is 18.1 Å². The lowest BCUT2D eigenvalue weighted by atomic mass is 9.95. The number of benzene rings is 1. The van der Waals surface area contributed by atoms with Gasteiger partial charge >= 0.3 is 0 Å². The van der Waals surface area contributed by atoms with Gasteiger partial charge in [-0.05, 0) is 32.9 Å². The van der Waals surface area contributed by atoms with E-state index >= 15 is 0 Å². The lowest BCUT2D eigenvalue weighted by Gasteiger charge is -2.35. The first kappa shape index (κ1) is 25.9. The summed E-state index contributed by atoms with van der Waals surface area (Å²) in [6, 6.07) is 3.90. The molecule has 0 saturated carbocycles. The summed E-state index contributed by atoms with van der Waals surface area (Å²) in [5, 5.41) is 2.73. The number of ether oxygens (including phenoxy) is 2. The lowest BCUT2D eigenvalue weighted by Crippen LogP contribution is -2.55. The van der Waals surface area contributed by atoms with Gasteiger partial charge in [0.1, 0.15) is 6.04 Å². The van der Waals surface area contributed by atoms with Crippen LogP contribution >= 0.6 is 0 Å². The molecular weight excluding hydrogens is 434 g/mol. The van der Waals surface area contributed by atoms with Crippen molar-refractivity contribution >= 4 is 21.8 Å². The van der Waals surface area contributed by atoms with Crippen molar-refractivity contribution in [3.63, 3.8) is 0 Å². The molecule has 1 aromatic rings. The second-order valence-electron chi connectivity index (χ2n) is 8.65. The summed E-state index contributed by atoms with van der Waals surface area (Å²) in [6.45, 7) is 12.3. The molecule has 180 valence electrons. The van der Waals surface area contributed by atoms with E-state index in [2.05, 4.69) is 5.32 Å². The molecule has 1 fully saturated rings. The van der Waals surface area contributed by atoms with E-state index in [0.717, 1.165) is 0 Å². The van der Waals surface area contributed by atoms with Gasteiger partial charge in [-0.25, -0.2) is 8.42 Å². The lowest BCUT2D eigenvalue weighted by molar-refractivity contribution is -0.139. The maximum Gasteiger partial charge on any atom is 0.244 e. The molecule has 0 aromatic heterocycles. The molecule has 0 bridgehead atoms. The highest BCUT2D eigenvalue weighted by Crippen LogP contribution is 2.31. The third kappa shape index (κ3) is 6.13. The van der Waals surface area contributed by atoms with Gasteiger partial charge in [-0.15, -0.1) is 0 Å². The molecule has 1 N–H and O–H groups in total. The highest BCUT2D eigenvalue weighted by atomic mass is 32.2. The zero-order valence-corrected chi connectivity index (χ0v) is 20.6. The standard InChI is InChI=1S/C22H35N3O6S/c1-7-30-18-10-9-17(15-19(18)31-8-2)32(28,29)25-13-11-24(12-14-25)20(26)16(3)23-21(27)22(4,5)6/h9-10,15-16H,7-8,11-14H2,1-6H3,(H,23,27)/t16-/m0/s1. The smallest absolute Gasteiger partial charge is 0.244 e. The van der Waals surface area contributed by atoms with Crippen LogP contribution in [0.25, 0.3) is 0 Å². The summed E-state index contributed by atoms with van der Waals surface area (Å²) in [4.78, 5) is 26.6. The Morgan fingerprint density at radius 1 is 1.03 bits per heavy atom. The number of sulfonamides is 1. The van der Waals surface area contributed by atoms with Crippen LogP contribution in [0.5, 0.6) is 11.5 Å². The SMILES string of the molecule is CCOc1ccc(S(=O)(=O)N2CCN(C(=O)[C@H](C)NC(=O)C(C)(C)C)CC2)cc1OCC. The third-order valence-electron chi connectivity index (χ3n) is 5.10. The van der Waals surface area contributed by atoms with Crippen molar-refractivity contribution in [2.45, 2.75) is 52.5 Å². The first-order valence-electron chi connectivity index (χ1n) is 10.9. The van der Waals surface area contributed by atoms with E-state index in [9.17, 15) is 18.0 Å². The predicted octanol–water partition coefficient (Wildman–Crippen LogP) is 1.87. The van der Waals surface area contributed by atoms with Crippen LogP contribution in [0.1, 0.15) is 41.5 Å². The fourth-order valence-corrected chi connectivity index (χ4v) is 4.68. The van der Waals surface area contributed by atoms with Crippen LogP contribution in [0.4, 0.5) is 0 Å². The van der Waals surface area contributed by atoms with Crippen molar-refractivity contribution in [2.75, 3.05) is 39.4 Å². The summed E-state index contributed by atoms with van der Waals surface area (Å²) in [6.07, 6.45) is 0. The van der Waals surface area contributed by atoms with Crippen molar-refractivity contribution in [3.8, 4) is 11.5 Å². The van der Waals surface area contributed by atoms with Gasteiger partial charge in [-0.2, -0.15) is 4.31 Å². The monoisotopic (exact) mass is 469 g/mol. The molecule has 0 radical (unpaired) electrons. The van der Waals surface area contributed by atoms with Crippen LogP contribution in [0.15, 0.2) is 23.1 Å². The van der Waals surface area contributed by atoms with Crippen molar-refractivity contribution in [3.05, 3.63) is 18.2 Å². The Morgan fingerprint density at radius 3 is 2.12 bits per heavy atom. The van der Waals surface area contributed by atoms with Crippen molar-refractivity contribution in [2.24, 2.45) is 5.41 Å². The Morgan fingerprint density at radius 2 is 1.59 bits per heavy atom. The molecule has 9 nitrogen and oxygen atoms in total. The van der Waals surface area contributed by atoms with Gasteiger partial charge in [0.15, 0.2) is 11.5 Å². The van der Waals surface area contributed by atoms with Crippen LogP contribution in [0.2, 0.25) is 0 Å². The zero-order valence-electron chi connectivity index (χ0n) is 19.8. The second-order valence-corrected chi connectivity index (χ2v) is 10.6. The summed E-state index contributed by atoms with van der Waals surface area (Å²) in [5.74, 6) is 0.446. The van der Waals surface area contributed by atoms with Gasteiger partial charge in [0.2, 0.25) is 21.8 Å². The normalized spacial score (nSPS) is 16.4. The number of piperazine rings is 1. The van der Waals surface area contributed by atoms with E-state index in [0.29, 0.717) is 24.7 Å². The predicted molar refractivity (Wildman–Crippen MR) is 121 cm³/mol. The summed E-state index contributed by atoms with van der Waals surface area (Å²) in [5.41, 5.74) is -0.598. The molecule has 1 heterocycles. The molecule has 0 aliphatic carbocycles. The number of rotatable bonds is 8. The molecule has 0 spiro atoms. The molecule has 1 saturated heterocycles. The van der Waals surface area contributed by atoms with Gasteiger partial charge in [0.25, 0.3) is 0 Å². The van der Waals surface area contributed by atoms with Gasteiger partial charge < -0.3 is 19.7 Å². The molecule has 2 amide bonds. The largest absolute Gasteiger partial charge is 0.490 e. The summed E-state index contributed by atoms with van der Waals surface area (Å²) >= 11 is 0. The number of nitrogens with zero attached hydrogens (tertiary/aromatic N) is 2. The maximum atomic E-state index is 13.1. The highest BCUT2D eigenvalue weighted by Gasteiger charge is 2.33. The van der Waals surface area contributed by atoms with Gasteiger partial charge in [0, 0.05) is 37.7 Å².